The quantitative estimate of drug-likeness (QED) is 0.351. The van der Waals surface area contributed by atoms with Crippen LogP contribution in [0.15, 0.2) is 12.3 Å². The van der Waals surface area contributed by atoms with Crippen molar-refractivity contribution in [3.63, 3.8) is 0 Å². The summed E-state index contributed by atoms with van der Waals surface area (Å²) < 4.78 is 5.95. The predicted octanol–water partition coefficient (Wildman–Crippen LogP) is 6.87. The van der Waals surface area contributed by atoms with Crippen molar-refractivity contribution in [3.8, 4) is 0 Å². The summed E-state index contributed by atoms with van der Waals surface area (Å²) in [5.41, 5.74) is 0. The van der Waals surface area contributed by atoms with Gasteiger partial charge in [-0.25, -0.2) is 0 Å². The van der Waals surface area contributed by atoms with Crippen molar-refractivity contribution in [2.75, 3.05) is 0 Å². The maximum atomic E-state index is 5.95. The van der Waals surface area contributed by atoms with Crippen LogP contribution in [-0.2, 0) is 4.74 Å². The lowest BCUT2D eigenvalue weighted by Gasteiger charge is -2.38. The first-order chi connectivity index (χ1) is 10.8. The second-order valence-corrected chi connectivity index (χ2v) is 7.74. The van der Waals surface area contributed by atoms with E-state index in [1.54, 1.807) is 0 Å². The van der Waals surface area contributed by atoms with E-state index >= 15 is 0 Å². The molecule has 0 spiro atoms. The molecule has 0 bridgehead atoms. The van der Waals surface area contributed by atoms with E-state index < -0.39 is 0 Å². The summed E-state index contributed by atoms with van der Waals surface area (Å²) >= 11 is 0. The van der Waals surface area contributed by atoms with Crippen LogP contribution in [0.3, 0.4) is 0 Å². The minimum Gasteiger partial charge on any atom is -0.498 e. The minimum atomic E-state index is 0.504. The van der Waals surface area contributed by atoms with Gasteiger partial charge in [-0.3, -0.25) is 0 Å². The zero-order valence-corrected chi connectivity index (χ0v) is 15.1. The zero-order chi connectivity index (χ0) is 15.6. The Kier molecular flexibility index (Phi) is 8.41. The second kappa shape index (κ2) is 10.3. The average Bonchev–Trinajstić information content (AvgIpc) is 2.56. The van der Waals surface area contributed by atoms with Crippen molar-refractivity contribution in [1.29, 1.82) is 0 Å². The molecule has 0 radical (unpaired) electrons. The van der Waals surface area contributed by atoms with Crippen molar-refractivity contribution in [1.82, 2.24) is 0 Å². The largest absolute Gasteiger partial charge is 0.498 e. The normalized spacial score (nSPS) is 33.2. The van der Waals surface area contributed by atoms with Crippen molar-refractivity contribution < 1.29 is 4.74 Å². The molecular formula is C21H38O. The van der Waals surface area contributed by atoms with E-state index in [1.807, 2.05) is 6.26 Å². The maximum Gasteiger partial charge on any atom is 0.0981 e. The maximum absolute atomic E-state index is 5.95. The fourth-order valence-electron chi connectivity index (χ4n) is 4.63. The third kappa shape index (κ3) is 5.97. The summed E-state index contributed by atoms with van der Waals surface area (Å²) in [5, 5.41) is 0. The lowest BCUT2D eigenvalue weighted by molar-refractivity contribution is 0.0510. The van der Waals surface area contributed by atoms with Crippen LogP contribution in [0.25, 0.3) is 0 Å². The van der Waals surface area contributed by atoms with Gasteiger partial charge in [0.25, 0.3) is 0 Å². The van der Waals surface area contributed by atoms with Gasteiger partial charge in [0.15, 0.2) is 0 Å². The summed E-state index contributed by atoms with van der Waals surface area (Å²) in [6.07, 6.45) is 22.9. The van der Waals surface area contributed by atoms with E-state index in [4.69, 9.17) is 4.74 Å². The Morgan fingerprint density at radius 2 is 1.73 bits per heavy atom. The first kappa shape index (κ1) is 17.9. The zero-order valence-electron chi connectivity index (χ0n) is 15.1. The van der Waals surface area contributed by atoms with Crippen LogP contribution >= 0.6 is 0 Å². The molecule has 0 saturated heterocycles. The molecule has 1 heteroatoms. The first-order valence-corrected chi connectivity index (χ1v) is 10.1. The van der Waals surface area contributed by atoms with Crippen LogP contribution in [0.5, 0.6) is 0 Å². The molecule has 1 nitrogen and oxygen atoms in total. The lowest BCUT2D eigenvalue weighted by atomic mass is 9.70. The van der Waals surface area contributed by atoms with E-state index in [-0.39, 0.29) is 0 Å². The highest BCUT2D eigenvalue weighted by molar-refractivity contribution is 4.84. The Morgan fingerprint density at radius 3 is 2.45 bits per heavy atom. The summed E-state index contributed by atoms with van der Waals surface area (Å²) in [6, 6.07) is 0. The molecule has 0 aromatic carbocycles. The molecule has 0 aromatic heterocycles. The first-order valence-electron chi connectivity index (χ1n) is 10.1. The fourth-order valence-corrected chi connectivity index (χ4v) is 4.63. The third-order valence-corrected chi connectivity index (χ3v) is 6.04. The molecular weight excluding hydrogens is 268 g/mol. The van der Waals surface area contributed by atoms with Gasteiger partial charge in [-0.15, -0.1) is 0 Å². The molecule has 2 fully saturated rings. The Morgan fingerprint density at radius 1 is 0.909 bits per heavy atom. The SMILES string of the molecule is CCC=CO[C@@H]1CCC[C@@H]([C@H]2CC[C@H](CCCCC)CC2)C1. The predicted molar refractivity (Wildman–Crippen MR) is 95.9 cm³/mol. The highest BCUT2D eigenvalue weighted by Gasteiger charge is 2.31. The van der Waals surface area contributed by atoms with E-state index in [2.05, 4.69) is 19.9 Å². The number of hydrogen-bond donors (Lipinski definition) is 0. The third-order valence-electron chi connectivity index (χ3n) is 6.04. The Hall–Kier alpha value is -0.460. The van der Waals surface area contributed by atoms with Gasteiger partial charge in [-0.2, -0.15) is 0 Å². The van der Waals surface area contributed by atoms with Gasteiger partial charge in [0.1, 0.15) is 0 Å². The monoisotopic (exact) mass is 306 g/mol. The average molecular weight is 307 g/mol. The molecule has 2 saturated carbocycles. The van der Waals surface area contributed by atoms with Crippen LogP contribution in [0.1, 0.15) is 97.3 Å². The molecule has 0 aliphatic heterocycles. The summed E-state index contributed by atoms with van der Waals surface area (Å²) in [4.78, 5) is 0. The van der Waals surface area contributed by atoms with Gasteiger partial charge in [-0.05, 0) is 62.7 Å². The Balaban J connectivity index is 1.68. The molecule has 0 amide bonds. The lowest BCUT2D eigenvalue weighted by Crippen LogP contribution is -2.29. The van der Waals surface area contributed by atoms with E-state index in [0.717, 1.165) is 24.2 Å². The van der Waals surface area contributed by atoms with Crippen molar-refractivity contribution in [2.24, 2.45) is 17.8 Å². The van der Waals surface area contributed by atoms with E-state index in [0.29, 0.717) is 6.10 Å². The smallest absolute Gasteiger partial charge is 0.0981 e. The molecule has 2 aliphatic carbocycles. The molecule has 0 aromatic rings. The second-order valence-electron chi connectivity index (χ2n) is 7.74. The van der Waals surface area contributed by atoms with Gasteiger partial charge >= 0.3 is 0 Å². The van der Waals surface area contributed by atoms with E-state index in [1.165, 1.54) is 77.0 Å². The van der Waals surface area contributed by atoms with Crippen molar-refractivity contribution in [3.05, 3.63) is 12.3 Å². The highest BCUT2D eigenvalue weighted by Crippen LogP contribution is 2.41. The molecule has 22 heavy (non-hydrogen) atoms. The highest BCUT2D eigenvalue weighted by atomic mass is 16.5. The van der Waals surface area contributed by atoms with Gasteiger partial charge in [0.05, 0.1) is 12.4 Å². The van der Waals surface area contributed by atoms with Gasteiger partial charge in [0, 0.05) is 0 Å². The summed E-state index contributed by atoms with van der Waals surface area (Å²) in [5.74, 6) is 3.00. The van der Waals surface area contributed by atoms with E-state index in [9.17, 15) is 0 Å². The van der Waals surface area contributed by atoms with Crippen LogP contribution in [0, 0.1) is 17.8 Å². The number of ether oxygens (including phenoxy) is 1. The van der Waals surface area contributed by atoms with Crippen LogP contribution in [0.4, 0.5) is 0 Å². The molecule has 0 N–H and O–H groups in total. The van der Waals surface area contributed by atoms with Crippen LogP contribution in [0.2, 0.25) is 0 Å². The number of allylic oxidation sites excluding steroid dienone is 1. The van der Waals surface area contributed by atoms with Gasteiger partial charge in [0.2, 0.25) is 0 Å². The molecule has 2 aliphatic rings. The van der Waals surface area contributed by atoms with Gasteiger partial charge < -0.3 is 4.74 Å². The molecule has 128 valence electrons. The topological polar surface area (TPSA) is 9.23 Å². The minimum absolute atomic E-state index is 0.504. The van der Waals surface area contributed by atoms with Crippen LogP contribution in [-0.4, -0.2) is 6.10 Å². The number of rotatable bonds is 8. The molecule has 0 heterocycles. The Bertz CT molecular complexity index is 301. The fraction of sp³-hybridized carbons (Fsp3) is 0.905. The van der Waals surface area contributed by atoms with Crippen molar-refractivity contribution in [2.45, 2.75) is 103 Å². The summed E-state index contributed by atoms with van der Waals surface area (Å²) in [6.45, 7) is 4.48. The number of hydrogen-bond acceptors (Lipinski definition) is 1. The molecule has 2 rings (SSSR count). The van der Waals surface area contributed by atoms with Gasteiger partial charge in [-0.1, -0.05) is 58.4 Å². The number of unbranched alkanes of at least 4 members (excludes halogenated alkanes) is 2. The molecule has 2 atom stereocenters. The summed E-state index contributed by atoms with van der Waals surface area (Å²) in [7, 11) is 0. The van der Waals surface area contributed by atoms with Crippen molar-refractivity contribution >= 4 is 0 Å². The van der Waals surface area contributed by atoms with Crippen LogP contribution < -0.4 is 0 Å². The Labute approximate surface area is 138 Å². The standard InChI is InChI=1S/C21H38O/c1-3-5-7-9-18-12-14-19(15-13-18)20-10-8-11-21(17-20)22-16-6-4-2/h6,16,18-21H,3-5,7-15,17H2,1-2H3/t18-,19-,20-,21-/m1/s1. The molecule has 0 unspecified atom stereocenters.